The van der Waals surface area contributed by atoms with Crippen LogP contribution in [0.3, 0.4) is 0 Å². The second kappa shape index (κ2) is 6.33. The van der Waals surface area contributed by atoms with E-state index in [9.17, 15) is 13.2 Å². The Kier molecular flexibility index (Phi) is 5.36. The molecule has 17 heavy (non-hydrogen) atoms. The number of rotatable bonds is 5. The highest BCUT2D eigenvalue weighted by Crippen LogP contribution is 2.25. The van der Waals surface area contributed by atoms with Crippen LogP contribution in [-0.4, -0.2) is 25.9 Å². The Balaban J connectivity index is 2.27. The second-order valence-electron chi connectivity index (χ2n) is 3.22. The maximum absolute atomic E-state index is 11.7. The third kappa shape index (κ3) is 6.00. The monoisotopic (exact) mass is 287 g/mol. The largest absolute Gasteiger partial charge is 0.411 e. The van der Waals surface area contributed by atoms with Gasteiger partial charge in [0.2, 0.25) is 0 Å². The van der Waals surface area contributed by atoms with Crippen molar-refractivity contribution in [2.45, 2.75) is 6.18 Å². The zero-order valence-electron chi connectivity index (χ0n) is 8.65. The lowest BCUT2D eigenvalue weighted by Crippen LogP contribution is -2.20. The van der Waals surface area contributed by atoms with E-state index in [1.54, 1.807) is 18.2 Å². The highest BCUT2D eigenvalue weighted by molar-refractivity contribution is 6.36. The van der Waals surface area contributed by atoms with Crippen LogP contribution in [0.1, 0.15) is 0 Å². The molecule has 0 heterocycles. The first-order chi connectivity index (χ1) is 7.88. The molecule has 0 amide bonds. The van der Waals surface area contributed by atoms with Gasteiger partial charge in [-0.1, -0.05) is 23.2 Å². The molecule has 0 saturated heterocycles. The Hall–Kier alpha value is -0.650. The Bertz CT molecular complexity index is 371. The van der Waals surface area contributed by atoms with Crippen molar-refractivity contribution in [3.8, 4) is 0 Å². The summed E-state index contributed by atoms with van der Waals surface area (Å²) in [5.41, 5.74) is 0.603. The van der Waals surface area contributed by atoms with Gasteiger partial charge in [0.15, 0.2) is 0 Å². The normalized spacial score (nSPS) is 11.6. The van der Waals surface area contributed by atoms with Gasteiger partial charge in [-0.25, -0.2) is 0 Å². The topological polar surface area (TPSA) is 21.3 Å². The highest BCUT2D eigenvalue weighted by Gasteiger charge is 2.27. The number of nitrogens with one attached hydrogen (secondary N) is 1. The fourth-order valence-electron chi connectivity index (χ4n) is 1.08. The van der Waals surface area contributed by atoms with Crippen LogP contribution in [0.4, 0.5) is 18.9 Å². The quantitative estimate of drug-likeness (QED) is 0.827. The average molecular weight is 288 g/mol. The smallest absolute Gasteiger partial charge is 0.382 e. The summed E-state index contributed by atoms with van der Waals surface area (Å²) in [6.07, 6.45) is -4.29. The number of hydrogen-bond donors (Lipinski definition) is 1. The first kappa shape index (κ1) is 14.4. The molecular weight excluding hydrogens is 278 g/mol. The molecule has 2 nitrogen and oxygen atoms in total. The molecule has 0 unspecified atom stereocenters. The van der Waals surface area contributed by atoms with Crippen molar-refractivity contribution < 1.29 is 17.9 Å². The van der Waals surface area contributed by atoms with E-state index in [-0.39, 0.29) is 13.2 Å². The summed E-state index contributed by atoms with van der Waals surface area (Å²) in [5.74, 6) is 0. The van der Waals surface area contributed by atoms with Gasteiger partial charge in [-0.15, -0.1) is 0 Å². The van der Waals surface area contributed by atoms with Gasteiger partial charge < -0.3 is 10.1 Å². The van der Waals surface area contributed by atoms with Crippen LogP contribution >= 0.6 is 23.2 Å². The van der Waals surface area contributed by atoms with Gasteiger partial charge in [-0.2, -0.15) is 13.2 Å². The van der Waals surface area contributed by atoms with Gasteiger partial charge >= 0.3 is 6.18 Å². The summed E-state index contributed by atoms with van der Waals surface area (Å²) < 4.78 is 39.6. The van der Waals surface area contributed by atoms with Crippen LogP contribution < -0.4 is 5.32 Å². The number of ether oxygens (including phenoxy) is 1. The maximum Gasteiger partial charge on any atom is 0.411 e. The van der Waals surface area contributed by atoms with E-state index in [2.05, 4.69) is 10.1 Å². The van der Waals surface area contributed by atoms with Crippen molar-refractivity contribution in [3.63, 3.8) is 0 Å². The molecule has 1 aromatic carbocycles. The van der Waals surface area contributed by atoms with Gasteiger partial charge in [-0.05, 0) is 18.2 Å². The van der Waals surface area contributed by atoms with E-state index < -0.39 is 12.8 Å². The second-order valence-corrected chi connectivity index (χ2v) is 4.06. The molecule has 1 N–H and O–H groups in total. The van der Waals surface area contributed by atoms with Crippen LogP contribution in [0, 0.1) is 0 Å². The minimum atomic E-state index is -4.29. The summed E-state index contributed by atoms with van der Waals surface area (Å²) in [6, 6.07) is 4.82. The zero-order valence-corrected chi connectivity index (χ0v) is 10.2. The number of alkyl halides is 3. The van der Waals surface area contributed by atoms with E-state index in [1.807, 2.05) is 0 Å². The molecule has 0 saturated carbocycles. The summed E-state index contributed by atoms with van der Waals surface area (Å²) >= 11 is 11.5. The number of benzene rings is 1. The molecule has 96 valence electrons. The summed E-state index contributed by atoms with van der Waals surface area (Å²) in [7, 11) is 0. The van der Waals surface area contributed by atoms with E-state index in [0.717, 1.165) is 0 Å². The van der Waals surface area contributed by atoms with Crippen LogP contribution in [0.2, 0.25) is 10.0 Å². The lowest BCUT2D eigenvalue weighted by Gasteiger charge is -2.10. The lowest BCUT2D eigenvalue weighted by atomic mass is 10.3. The van der Waals surface area contributed by atoms with Gasteiger partial charge in [0.05, 0.1) is 17.3 Å². The molecule has 7 heteroatoms. The Morgan fingerprint density at radius 3 is 2.53 bits per heavy atom. The van der Waals surface area contributed by atoms with Crippen LogP contribution in [0.15, 0.2) is 18.2 Å². The molecular formula is C10H10Cl2F3NO. The van der Waals surface area contributed by atoms with Gasteiger partial charge in [-0.3, -0.25) is 0 Å². The third-order valence-corrected chi connectivity index (χ3v) is 2.31. The van der Waals surface area contributed by atoms with E-state index in [0.29, 0.717) is 15.7 Å². The maximum atomic E-state index is 11.7. The lowest BCUT2D eigenvalue weighted by molar-refractivity contribution is -0.172. The van der Waals surface area contributed by atoms with Crippen molar-refractivity contribution >= 4 is 28.9 Å². The summed E-state index contributed by atoms with van der Waals surface area (Å²) in [6.45, 7) is -1.07. The summed E-state index contributed by atoms with van der Waals surface area (Å²) in [4.78, 5) is 0. The predicted octanol–water partition coefficient (Wildman–Crippen LogP) is 3.98. The Labute approximate surface area is 107 Å². The third-order valence-electron chi connectivity index (χ3n) is 1.76. The molecule has 0 fully saturated rings. The fourth-order valence-corrected chi connectivity index (χ4v) is 1.55. The predicted molar refractivity (Wildman–Crippen MR) is 61.8 cm³/mol. The molecule has 0 aliphatic heterocycles. The summed E-state index contributed by atoms with van der Waals surface area (Å²) in [5, 5.41) is 3.75. The minimum absolute atomic E-state index is 0.0571. The van der Waals surface area contributed by atoms with Crippen LogP contribution in [0.5, 0.6) is 0 Å². The van der Waals surface area contributed by atoms with Crippen molar-refractivity contribution in [2.24, 2.45) is 0 Å². The van der Waals surface area contributed by atoms with E-state index in [1.165, 1.54) is 0 Å². The van der Waals surface area contributed by atoms with Gasteiger partial charge in [0.1, 0.15) is 6.61 Å². The molecule has 0 aromatic heterocycles. The molecule has 0 spiro atoms. The zero-order chi connectivity index (χ0) is 12.9. The first-order valence-electron chi connectivity index (χ1n) is 4.72. The molecule has 1 rings (SSSR count). The highest BCUT2D eigenvalue weighted by atomic mass is 35.5. The van der Waals surface area contributed by atoms with Crippen molar-refractivity contribution in [2.75, 3.05) is 25.1 Å². The number of halogens is 5. The van der Waals surface area contributed by atoms with Crippen molar-refractivity contribution in [3.05, 3.63) is 28.2 Å². The van der Waals surface area contributed by atoms with Crippen LogP contribution in [0.25, 0.3) is 0 Å². The fraction of sp³-hybridized carbons (Fsp3) is 0.400. The van der Waals surface area contributed by atoms with E-state index in [4.69, 9.17) is 23.2 Å². The van der Waals surface area contributed by atoms with Crippen LogP contribution in [-0.2, 0) is 4.74 Å². The standard InChI is InChI=1S/C10H10Cl2F3NO/c11-7-1-2-9(8(12)5-7)16-3-4-17-6-10(13,14)15/h1-2,5,16H,3-4,6H2. The molecule has 0 aliphatic carbocycles. The van der Waals surface area contributed by atoms with Gasteiger partial charge in [0, 0.05) is 11.6 Å². The number of anilines is 1. The number of hydrogen-bond acceptors (Lipinski definition) is 2. The van der Waals surface area contributed by atoms with E-state index >= 15 is 0 Å². The van der Waals surface area contributed by atoms with Gasteiger partial charge in [0.25, 0.3) is 0 Å². The van der Waals surface area contributed by atoms with Crippen molar-refractivity contribution in [1.82, 2.24) is 0 Å². The molecule has 0 atom stereocenters. The molecule has 1 aromatic rings. The Morgan fingerprint density at radius 1 is 1.24 bits per heavy atom. The Morgan fingerprint density at radius 2 is 1.94 bits per heavy atom. The SMILES string of the molecule is FC(F)(F)COCCNc1ccc(Cl)cc1Cl. The first-order valence-corrected chi connectivity index (χ1v) is 5.47. The molecule has 0 bridgehead atoms. The molecule has 0 aliphatic rings. The average Bonchev–Trinajstić information content (AvgIpc) is 2.18. The minimum Gasteiger partial charge on any atom is -0.382 e. The molecule has 0 radical (unpaired) electrons. The van der Waals surface area contributed by atoms with Crippen molar-refractivity contribution in [1.29, 1.82) is 0 Å².